The number of ether oxygens (including phenoxy) is 1. The molecule has 1 rings (SSSR count). The highest BCUT2D eigenvalue weighted by atomic mass is 32.2. The van der Waals surface area contributed by atoms with Gasteiger partial charge in [-0.05, 0) is 13.8 Å². The molecule has 7 nitrogen and oxygen atoms in total. The van der Waals surface area contributed by atoms with E-state index in [1.54, 1.807) is 11.3 Å². The Morgan fingerprint density at radius 3 is 2.78 bits per heavy atom. The Hall–Kier alpha value is -1.19. The van der Waals surface area contributed by atoms with Crippen molar-refractivity contribution in [1.82, 2.24) is 15.6 Å². The molecule has 0 atom stereocenters. The number of hydrogen-bond donors (Lipinski definition) is 2. The maximum absolute atomic E-state index is 11.0. The third-order valence-electron chi connectivity index (χ3n) is 2.75. The number of hydrogen-bond acceptors (Lipinski definition) is 6. The van der Waals surface area contributed by atoms with Crippen LogP contribution < -0.4 is 10.6 Å². The Labute approximate surface area is 142 Å². The molecule has 0 saturated carbocycles. The van der Waals surface area contributed by atoms with Crippen LogP contribution in [0.2, 0.25) is 0 Å². The van der Waals surface area contributed by atoms with Crippen LogP contribution in [0.3, 0.4) is 0 Å². The molecule has 0 amide bonds. The minimum absolute atomic E-state index is 0.0439. The molecule has 9 heteroatoms. The SMILES string of the molecule is CCNC(=NCCOCCS(C)(=O)=O)NCCc1ncc(C)s1. The average Bonchev–Trinajstić information content (AvgIpc) is 2.87. The van der Waals surface area contributed by atoms with E-state index in [4.69, 9.17) is 4.74 Å². The van der Waals surface area contributed by atoms with Crippen molar-refractivity contribution in [2.75, 3.05) is 44.9 Å². The van der Waals surface area contributed by atoms with Gasteiger partial charge in [0.1, 0.15) is 9.84 Å². The molecule has 1 aromatic heterocycles. The van der Waals surface area contributed by atoms with Gasteiger partial charge in [0.15, 0.2) is 5.96 Å². The van der Waals surface area contributed by atoms with Gasteiger partial charge in [-0.15, -0.1) is 11.3 Å². The van der Waals surface area contributed by atoms with Crippen LogP contribution in [0.5, 0.6) is 0 Å². The molecule has 0 unspecified atom stereocenters. The summed E-state index contributed by atoms with van der Waals surface area (Å²) in [5.41, 5.74) is 0. The lowest BCUT2D eigenvalue weighted by Gasteiger charge is -2.10. The zero-order chi connectivity index (χ0) is 17.1. The van der Waals surface area contributed by atoms with Gasteiger partial charge in [0.2, 0.25) is 0 Å². The minimum atomic E-state index is -2.96. The predicted octanol–water partition coefficient (Wildman–Crippen LogP) is 0.610. The van der Waals surface area contributed by atoms with E-state index >= 15 is 0 Å². The van der Waals surface area contributed by atoms with Crippen LogP contribution in [-0.2, 0) is 21.0 Å². The summed E-state index contributed by atoms with van der Waals surface area (Å²) >= 11 is 1.70. The topological polar surface area (TPSA) is 92.7 Å². The third kappa shape index (κ3) is 10.2. The lowest BCUT2D eigenvalue weighted by atomic mass is 10.4. The molecule has 0 radical (unpaired) electrons. The summed E-state index contributed by atoms with van der Waals surface area (Å²) < 4.78 is 27.2. The summed E-state index contributed by atoms with van der Waals surface area (Å²) in [5.74, 6) is 0.773. The fraction of sp³-hybridized carbons (Fsp3) is 0.714. The Balaban J connectivity index is 2.24. The predicted molar refractivity (Wildman–Crippen MR) is 95.1 cm³/mol. The molecule has 23 heavy (non-hydrogen) atoms. The van der Waals surface area contributed by atoms with Crippen LogP contribution in [0.4, 0.5) is 0 Å². The van der Waals surface area contributed by atoms with Gasteiger partial charge >= 0.3 is 0 Å². The molecule has 0 aliphatic rings. The van der Waals surface area contributed by atoms with E-state index in [1.807, 2.05) is 20.0 Å². The van der Waals surface area contributed by atoms with Crippen molar-refractivity contribution in [1.29, 1.82) is 0 Å². The molecule has 132 valence electrons. The van der Waals surface area contributed by atoms with E-state index in [2.05, 4.69) is 20.6 Å². The van der Waals surface area contributed by atoms with Crippen molar-refractivity contribution in [3.05, 3.63) is 16.1 Å². The second-order valence-corrected chi connectivity index (χ2v) is 8.62. The number of guanidine groups is 1. The van der Waals surface area contributed by atoms with Crippen LogP contribution in [0, 0.1) is 6.92 Å². The van der Waals surface area contributed by atoms with Crippen molar-refractivity contribution >= 4 is 27.1 Å². The molecule has 1 aromatic rings. The van der Waals surface area contributed by atoms with Gasteiger partial charge in [-0.3, -0.25) is 4.99 Å². The Morgan fingerprint density at radius 1 is 1.39 bits per heavy atom. The second kappa shape index (κ2) is 10.6. The normalized spacial score (nSPS) is 12.4. The van der Waals surface area contributed by atoms with Crippen molar-refractivity contribution < 1.29 is 13.2 Å². The van der Waals surface area contributed by atoms with Crippen molar-refractivity contribution in [3.8, 4) is 0 Å². The van der Waals surface area contributed by atoms with Crippen LogP contribution in [-0.4, -0.2) is 64.2 Å². The maximum atomic E-state index is 11.0. The smallest absolute Gasteiger partial charge is 0.191 e. The lowest BCUT2D eigenvalue weighted by Crippen LogP contribution is -2.38. The monoisotopic (exact) mass is 362 g/mol. The summed E-state index contributed by atoms with van der Waals surface area (Å²) in [4.78, 5) is 9.92. The molecule has 1 heterocycles. The van der Waals surface area contributed by atoms with E-state index in [0.29, 0.717) is 13.2 Å². The zero-order valence-electron chi connectivity index (χ0n) is 14.0. The number of aryl methyl sites for hydroxylation is 1. The van der Waals surface area contributed by atoms with Crippen LogP contribution in [0.1, 0.15) is 16.8 Å². The minimum Gasteiger partial charge on any atom is -0.378 e. The van der Waals surface area contributed by atoms with Gasteiger partial charge in [-0.25, -0.2) is 13.4 Å². The molecule has 0 aliphatic carbocycles. The molecule has 0 aliphatic heterocycles. The van der Waals surface area contributed by atoms with E-state index < -0.39 is 9.84 Å². The number of nitrogens with one attached hydrogen (secondary N) is 2. The molecular weight excluding hydrogens is 336 g/mol. The first kappa shape index (κ1) is 19.9. The molecule has 0 fully saturated rings. The zero-order valence-corrected chi connectivity index (χ0v) is 15.6. The largest absolute Gasteiger partial charge is 0.378 e. The standard InChI is InChI=1S/C14H26N4O3S2/c1-4-15-14(16-6-5-13-18-11-12(2)22-13)17-7-8-21-9-10-23(3,19)20/h11H,4-10H2,1-3H3,(H2,15,16,17). The number of aromatic nitrogens is 1. The van der Waals surface area contributed by atoms with Gasteiger partial charge in [0.25, 0.3) is 0 Å². The summed E-state index contributed by atoms with van der Waals surface area (Å²) in [6, 6.07) is 0. The first-order chi connectivity index (χ1) is 10.9. The number of nitrogens with zero attached hydrogens (tertiary/aromatic N) is 2. The van der Waals surface area contributed by atoms with Crippen LogP contribution in [0.15, 0.2) is 11.2 Å². The van der Waals surface area contributed by atoms with Crippen LogP contribution >= 0.6 is 11.3 Å². The highest BCUT2D eigenvalue weighted by molar-refractivity contribution is 7.90. The second-order valence-electron chi connectivity index (χ2n) is 5.04. The fourth-order valence-electron chi connectivity index (χ4n) is 1.68. The molecule has 0 bridgehead atoms. The highest BCUT2D eigenvalue weighted by Gasteiger charge is 2.02. The van der Waals surface area contributed by atoms with E-state index in [9.17, 15) is 8.42 Å². The average molecular weight is 363 g/mol. The Morgan fingerprint density at radius 2 is 2.17 bits per heavy atom. The van der Waals surface area contributed by atoms with Gasteiger partial charge in [-0.2, -0.15) is 0 Å². The first-order valence-corrected chi connectivity index (χ1v) is 10.5. The fourth-order valence-corrected chi connectivity index (χ4v) is 2.89. The third-order valence-corrected chi connectivity index (χ3v) is 4.63. The number of sulfone groups is 1. The highest BCUT2D eigenvalue weighted by Crippen LogP contribution is 2.10. The Bertz CT molecular complexity index is 585. The summed E-state index contributed by atoms with van der Waals surface area (Å²) in [6.45, 7) is 6.67. The van der Waals surface area contributed by atoms with Gasteiger partial charge in [0.05, 0.1) is 30.5 Å². The first-order valence-electron chi connectivity index (χ1n) is 7.59. The molecule has 0 spiro atoms. The lowest BCUT2D eigenvalue weighted by molar-refractivity contribution is 0.157. The van der Waals surface area contributed by atoms with Gasteiger partial charge < -0.3 is 15.4 Å². The summed E-state index contributed by atoms with van der Waals surface area (Å²) in [5, 5.41) is 7.51. The van der Waals surface area contributed by atoms with Gasteiger partial charge in [0, 0.05) is 36.8 Å². The molecule has 0 aromatic carbocycles. The number of aliphatic imine (C=N–C) groups is 1. The summed E-state index contributed by atoms with van der Waals surface area (Å²) in [6.07, 6.45) is 3.94. The number of rotatable bonds is 10. The van der Waals surface area contributed by atoms with Crippen molar-refractivity contribution in [2.24, 2.45) is 4.99 Å². The maximum Gasteiger partial charge on any atom is 0.191 e. The van der Waals surface area contributed by atoms with E-state index in [1.165, 1.54) is 11.1 Å². The van der Waals surface area contributed by atoms with E-state index in [0.717, 1.165) is 30.5 Å². The van der Waals surface area contributed by atoms with Gasteiger partial charge in [-0.1, -0.05) is 0 Å². The van der Waals surface area contributed by atoms with Crippen LogP contribution in [0.25, 0.3) is 0 Å². The molecule has 2 N–H and O–H groups in total. The molecule has 0 saturated heterocycles. The van der Waals surface area contributed by atoms with Crippen molar-refractivity contribution in [2.45, 2.75) is 20.3 Å². The Kier molecular flexibility index (Phi) is 9.12. The van der Waals surface area contributed by atoms with E-state index in [-0.39, 0.29) is 12.4 Å². The van der Waals surface area contributed by atoms with Crippen molar-refractivity contribution in [3.63, 3.8) is 0 Å². The molecular formula is C14H26N4O3S2. The summed E-state index contributed by atoms with van der Waals surface area (Å²) in [7, 11) is -2.96. The quantitative estimate of drug-likeness (QED) is 0.360. The number of thiazole rings is 1.